The van der Waals surface area contributed by atoms with E-state index in [0.717, 1.165) is 19.4 Å². The van der Waals surface area contributed by atoms with Crippen molar-refractivity contribution in [3.05, 3.63) is 30.3 Å². The van der Waals surface area contributed by atoms with Crippen LogP contribution in [0, 0.1) is 0 Å². The summed E-state index contributed by atoms with van der Waals surface area (Å²) in [6.45, 7) is 4.07. The SMILES string of the molecule is CCCOCCCNC(=O)Oc1ccccc1. The van der Waals surface area contributed by atoms with Gasteiger partial charge in [0.15, 0.2) is 0 Å². The minimum absolute atomic E-state index is 0.424. The third kappa shape index (κ3) is 6.58. The largest absolute Gasteiger partial charge is 0.412 e. The first kappa shape index (κ1) is 13.5. The Morgan fingerprint density at radius 3 is 2.71 bits per heavy atom. The van der Waals surface area contributed by atoms with Crippen molar-refractivity contribution in [1.29, 1.82) is 0 Å². The molecule has 0 unspecified atom stereocenters. The first-order valence-corrected chi connectivity index (χ1v) is 5.91. The number of hydrogen-bond acceptors (Lipinski definition) is 3. The van der Waals surface area contributed by atoms with E-state index >= 15 is 0 Å². The normalized spacial score (nSPS) is 9.94. The van der Waals surface area contributed by atoms with Gasteiger partial charge < -0.3 is 14.8 Å². The molecule has 17 heavy (non-hydrogen) atoms. The lowest BCUT2D eigenvalue weighted by Crippen LogP contribution is -2.28. The molecule has 0 atom stereocenters. The minimum atomic E-state index is -0.424. The van der Waals surface area contributed by atoms with E-state index in [1.807, 2.05) is 18.2 Å². The summed E-state index contributed by atoms with van der Waals surface area (Å²) < 4.78 is 10.3. The van der Waals surface area contributed by atoms with E-state index in [-0.39, 0.29) is 0 Å². The minimum Gasteiger partial charge on any atom is -0.410 e. The molecule has 0 aliphatic rings. The molecule has 0 saturated heterocycles. The predicted molar refractivity (Wildman–Crippen MR) is 66.2 cm³/mol. The summed E-state index contributed by atoms with van der Waals surface area (Å²) in [6.07, 6.45) is 1.39. The highest BCUT2D eigenvalue weighted by Crippen LogP contribution is 2.07. The summed E-state index contributed by atoms with van der Waals surface area (Å²) in [5.74, 6) is 0.548. The highest BCUT2D eigenvalue weighted by molar-refractivity contribution is 5.70. The van der Waals surface area contributed by atoms with Crippen LogP contribution in [0.2, 0.25) is 0 Å². The molecule has 4 nitrogen and oxygen atoms in total. The maximum Gasteiger partial charge on any atom is 0.412 e. The van der Waals surface area contributed by atoms with Gasteiger partial charge in [-0.1, -0.05) is 25.1 Å². The van der Waals surface area contributed by atoms with Gasteiger partial charge in [-0.05, 0) is 25.0 Å². The van der Waals surface area contributed by atoms with E-state index in [1.54, 1.807) is 12.1 Å². The molecular formula is C13H19NO3. The molecule has 94 valence electrons. The number of ether oxygens (including phenoxy) is 2. The fourth-order valence-electron chi connectivity index (χ4n) is 1.24. The summed E-state index contributed by atoms with van der Waals surface area (Å²) in [5.41, 5.74) is 0. The first-order valence-electron chi connectivity index (χ1n) is 5.91. The molecule has 4 heteroatoms. The standard InChI is InChI=1S/C13H19NO3/c1-2-10-16-11-6-9-14-13(15)17-12-7-4-3-5-8-12/h3-5,7-8H,2,6,9-11H2,1H3,(H,14,15). The Labute approximate surface area is 102 Å². The molecule has 1 amide bonds. The van der Waals surface area contributed by atoms with Crippen LogP contribution in [-0.2, 0) is 4.74 Å². The van der Waals surface area contributed by atoms with E-state index in [1.165, 1.54) is 0 Å². The Morgan fingerprint density at radius 2 is 2.00 bits per heavy atom. The van der Waals surface area contributed by atoms with E-state index in [9.17, 15) is 4.79 Å². The number of para-hydroxylation sites is 1. The van der Waals surface area contributed by atoms with Crippen molar-refractivity contribution >= 4 is 6.09 Å². The van der Waals surface area contributed by atoms with Crippen LogP contribution in [0.25, 0.3) is 0 Å². The Morgan fingerprint density at radius 1 is 1.24 bits per heavy atom. The first-order chi connectivity index (χ1) is 8.33. The average molecular weight is 237 g/mol. The number of hydrogen-bond donors (Lipinski definition) is 1. The van der Waals surface area contributed by atoms with Gasteiger partial charge in [0.25, 0.3) is 0 Å². The summed E-state index contributed by atoms with van der Waals surface area (Å²) in [5, 5.41) is 2.67. The van der Waals surface area contributed by atoms with Gasteiger partial charge in [0.1, 0.15) is 5.75 Å². The fourth-order valence-corrected chi connectivity index (χ4v) is 1.24. The monoisotopic (exact) mass is 237 g/mol. The zero-order valence-corrected chi connectivity index (χ0v) is 10.1. The van der Waals surface area contributed by atoms with Crippen LogP contribution >= 0.6 is 0 Å². The van der Waals surface area contributed by atoms with Gasteiger partial charge in [-0.3, -0.25) is 0 Å². The molecule has 0 saturated carbocycles. The summed E-state index contributed by atoms with van der Waals surface area (Å²) in [6, 6.07) is 8.99. The number of benzene rings is 1. The number of carbonyl (C=O) groups excluding carboxylic acids is 1. The molecule has 0 aliphatic carbocycles. The van der Waals surface area contributed by atoms with Gasteiger partial charge >= 0.3 is 6.09 Å². The molecule has 1 aromatic rings. The molecule has 1 aromatic carbocycles. The van der Waals surface area contributed by atoms with Crippen LogP contribution in [0.4, 0.5) is 4.79 Å². The summed E-state index contributed by atoms with van der Waals surface area (Å²) in [4.78, 5) is 11.3. The van der Waals surface area contributed by atoms with Crippen molar-refractivity contribution < 1.29 is 14.3 Å². The lowest BCUT2D eigenvalue weighted by atomic mass is 10.3. The van der Waals surface area contributed by atoms with Crippen LogP contribution < -0.4 is 10.1 Å². The average Bonchev–Trinajstić information content (AvgIpc) is 2.35. The van der Waals surface area contributed by atoms with Crippen molar-refractivity contribution in [2.75, 3.05) is 19.8 Å². The maximum atomic E-state index is 11.3. The predicted octanol–water partition coefficient (Wildman–Crippen LogP) is 2.59. The molecule has 0 bridgehead atoms. The van der Waals surface area contributed by atoms with Crippen LogP contribution in [0.15, 0.2) is 30.3 Å². The third-order valence-electron chi connectivity index (χ3n) is 2.04. The van der Waals surface area contributed by atoms with Crippen molar-refractivity contribution in [3.8, 4) is 5.75 Å². The Hall–Kier alpha value is -1.55. The Kier molecular flexibility index (Phi) is 6.82. The molecule has 1 N–H and O–H groups in total. The highest BCUT2D eigenvalue weighted by atomic mass is 16.6. The second-order valence-electron chi connectivity index (χ2n) is 3.60. The van der Waals surface area contributed by atoms with E-state index in [4.69, 9.17) is 9.47 Å². The van der Waals surface area contributed by atoms with Gasteiger partial charge in [-0.15, -0.1) is 0 Å². The van der Waals surface area contributed by atoms with Crippen LogP contribution in [-0.4, -0.2) is 25.9 Å². The topological polar surface area (TPSA) is 47.6 Å². The molecule has 0 heterocycles. The second-order valence-corrected chi connectivity index (χ2v) is 3.60. The third-order valence-corrected chi connectivity index (χ3v) is 2.04. The number of amides is 1. The van der Waals surface area contributed by atoms with Gasteiger partial charge in [0.05, 0.1) is 0 Å². The number of rotatable bonds is 7. The maximum absolute atomic E-state index is 11.3. The smallest absolute Gasteiger partial charge is 0.410 e. The second kappa shape index (κ2) is 8.58. The van der Waals surface area contributed by atoms with Crippen molar-refractivity contribution in [1.82, 2.24) is 5.32 Å². The van der Waals surface area contributed by atoms with Crippen LogP contribution in [0.1, 0.15) is 19.8 Å². The van der Waals surface area contributed by atoms with Crippen LogP contribution in [0.3, 0.4) is 0 Å². The quantitative estimate of drug-likeness (QED) is 0.741. The van der Waals surface area contributed by atoms with E-state index < -0.39 is 6.09 Å². The molecular weight excluding hydrogens is 218 g/mol. The fraction of sp³-hybridized carbons (Fsp3) is 0.462. The Bertz CT molecular complexity index is 314. The molecule has 0 radical (unpaired) electrons. The Balaban J connectivity index is 2.06. The molecule has 1 rings (SSSR count). The molecule has 0 aliphatic heterocycles. The number of carbonyl (C=O) groups is 1. The zero-order valence-electron chi connectivity index (χ0n) is 10.1. The van der Waals surface area contributed by atoms with E-state index in [2.05, 4.69) is 12.2 Å². The van der Waals surface area contributed by atoms with E-state index in [0.29, 0.717) is 18.9 Å². The molecule has 0 fully saturated rings. The van der Waals surface area contributed by atoms with Crippen molar-refractivity contribution in [3.63, 3.8) is 0 Å². The van der Waals surface area contributed by atoms with Gasteiger partial charge in [0, 0.05) is 19.8 Å². The van der Waals surface area contributed by atoms with Gasteiger partial charge in [0.2, 0.25) is 0 Å². The van der Waals surface area contributed by atoms with Crippen molar-refractivity contribution in [2.45, 2.75) is 19.8 Å². The number of nitrogens with one attached hydrogen (secondary N) is 1. The van der Waals surface area contributed by atoms with Gasteiger partial charge in [-0.25, -0.2) is 4.79 Å². The molecule has 0 aromatic heterocycles. The van der Waals surface area contributed by atoms with Crippen molar-refractivity contribution in [2.24, 2.45) is 0 Å². The van der Waals surface area contributed by atoms with Crippen LogP contribution in [0.5, 0.6) is 5.75 Å². The molecule has 0 spiro atoms. The summed E-state index contributed by atoms with van der Waals surface area (Å²) in [7, 11) is 0. The summed E-state index contributed by atoms with van der Waals surface area (Å²) >= 11 is 0. The lowest BCUT2D eigenvalue weighted by Gasteiger charge is -2.06. The highest BCUT2D eigenvalue weighted by Gasteiger charge is 2.01. The lowest BCUT2D eigenvalue weighted by molar-refractivity contribution is 0.131. The zero-order chi connectivity index (χ0) is 12.3. The van der Waals surface area contributed by atoms with Gasteiger partial charge in [-0.2, -0.15) is 0 Å².